The fourth-order valence-corrected chi connectivity index (χ4v) is 3.00. The summed E-state index contributed by atoms with van der Waals surface area (Å²) in [5.74, 6) is -1.49. The Morgan fingerprint density at radius 1 is 1.00 bits per heavy atom. The molecular formula is C25H26FN3O4. The van der Waals surface area contributed by atoms with E-state index in [1.54, 1.807) is 10.7 Å². The highest BCUT2D eigenvalue weighted by Crippen LogP contribution is 2.26. The maximum absolute atomic E-state index is 12.9. The van der Waals surface area contributed by atoms with Crippen LogP contribution in [0.5, 0.6) is 0 Å². The van der Waals surface area contributed by atoms with Gasteiger partial charge in [-0.15, -0.1) is 0 Å². The lowest BCUT2D eigenvalue weighted by Gasteiger charge is -2.14. The lowest BCUT2D eigenvalue weighted by Crippen LogP contribution is -2.22. The van der Waals surface area contributed by atoms with Crippen LogP contribution in [0.15, 0.2) is 60.7 Å². The van der Waals surface area contributed by atoms with Crippen molar-refractivity contribution < 1.29 is 23.5 Å². The third-order valence-electron chi connectivity index (χ3n) is 4.83. The standard InChI is InChI=1S/C25H26FN3O4/c1-25(2,3)21-15-22(29(28-21)19-7-5-4-6-8-19)27-23(31)16-33-24(32)14-13-20(30)17-9-11-18(26)12-10-17/h4-12,15H,13-14,16H2,1-3H3,(H,27,31). The number of ketones is 1. The Morgan fingerprint density at radius 3 is 2.30 bits per heavy atom. The number of anilines is 1. The first-order valence-corrected chi connectivity index (χ1v) is 10.5. The first-order valence-electron chi connectivity index (χ1n) is 10.5. The molecule has 0 saturated carbocycles. The lowest BCUT2D eigenvalue weighted by molar-refractivity contribution is -0.147. The Kier molecular flexibility index (Phi) is 7.37. The summed E-state index contributed by atoms with van der Waals surface area (Å²) in [6, 6.07) is 16.2. The molecule has 0 unspecified atom stereocenters. The van der Waals surface area contributed by atoms with E-state index < -0.39 is 24.3 Å². The molecule has 1 heterocycles. The molecule has 0 atom stereocenters. The predicted octanol–water partition coefficient (Wildman–Crippen LogP) is 4.45. The van der Waals surface area contributed by atoms with Gasteiger partial charge in [-0.05, 0) is 36.4 Å². The number of esters is 1. The van der Waals surface area contributed by atoms with E-state index in [0.717, 1.165) is 11.4 Å². The van der Waals surface area contributed by atoms with Crippen LogP contribution in [0.25, 0.3) is 5.69 Å². The van der Waals surface area contributed by atoms with Gasteiger partial charge in [-0.25, -0.2) is 9.07 Å². The number of hydrogen-bond acceptors (Lipinski definition) is 5. The summed E-state index contributed by atoms with van der Waals surface area (Å²) in [5, 5.41) is 7.35. The van der Waals surface area contributed by atoms with Crippen molar-refractivity contribution in [3.8, 4) is 5.69 Å². The van der Waals surface area contributed by atoms with Crippen LogP contribution in [0.4, 0.5) is 10.2 Å². The number of rotatable bonds is 8. The van der Waals surface area contributed by atoms with Crippen LogP contribution in [0.1, 0.15) is 49.7 Å². The molecule has 172 valence electrons. The number of nitrogens with one attached hydrogen (secondary N) is 1. The van der Waals surface area contributed by atoms with Gasteiger partial charge in [-0.3, -0.25) is 14.4 Å². The molecule has 8 heteroatoms. The van der Waals surface area contributed by atoms with Gasteiger partial charge in [0.2, 0.25) is 0 Å². The van der Waals surface area contributed by atoms with Gasteiger partial charge < -0.3 is 10.1 Å². The number of benzene rings is 2. The molecule has 1 amide bonds. The van der Waals surface area contributed by atoms with Crippen LogP contribution in [-0.4, -0.2) is 34.0 Å². The van der Waals surface area contributed by atoms with E-state index in [2.05, 4.69) is 10.4 Å². The normalized spacial score (nSPS) is 11.2. The second-order valence-corrected chi connectivity index (χ2v) is 8.55. The van der Waals surface area contributed by atoms with Gasteiger partial charge >= 0.3 is 5.97 Å². The number of carbonyl (C=O) groups is 3. The van der Waals surface area contributed by atoms with E-state index in [1.807, 2.05) is 51.1 Å². The first kappa shape index (κ1) is 23.8. The number of amides is 1. The Hall–Kier alpha value is -3.81. The van der Waals surface area contributed by atoms with Gasteiger partial charge in [-0.2, -0.15) is 5.10 Å². The van der Waals surface area contributed by atoms with Gasteiger partial charge in [0.1, 0.15) is 11.6 Å². The molecule has 0 spiro atoms. The number of Topliss-reactive ketones (excluding diaryl/α,β-unsaturated/α-hetero) is 1. The summed E-state index contributed by atoms with van der Waals surface area (Å²) in [6.45, 7) is 5.57. The molecule has 1 N–H and O–H groups in total. The Balaban J connectivity index is 1.57. The minimum Gasteiger partial charge on any atom is -0.456 e. The van der Waals surface area contributed by atoms with Crippen LogP contribution >= 0.6 is 0 Å². The zero-order valence-electron chi connectivity index (χ0n) is 18.8. The summed E-state index contributed by atoms with van der Waals surface area (Å²) in [4.78, 5) is 36.5. The molecule has 0 saturated heterocycles. The second kappa shape index (κ2) is 10.2. The van der Waals surface area contributed by atoms with Crippen molar-refractivity contribution in [3.63, 3.8) is 0 Å². The molecule has 3 aromatic rings. The number of aromatic nitrogens is 2. The Labute approximate surface area is 191 Å². The molecule has 2 aromatic carbocycles. The predicted molar refractivity (Wildman–Crippen MR) is 122 cm³/mol. The monoisotopic (exact) mass is 451 g/mol. The van der Waals surface area contributed by atoms with Crippen LogP contribution < -0.4 is 5.32 Å². The average molecular weight is 451 g/mol. The van der Waals surface area contributed by atoms with Gasteiger partial charge in [-0.1, -0.05) is 39.0 Å². The van der Waals surface area contributed by atoms with Crippen LogP contribution in [0, 0.1) is 5.82 Å². The van der Waals surface area contributed by atoms with Crippen molar-refractivity contribution in [2.75, 3.05) is 11.9 Å². The van der Waals surface area contributed by atoms with E-state index in [1.165, 1.54) is 24.3 Å². The fraction of sp³-hybridized carbons (Fsp3) is 0.280. The molecule has 1 aromatic heterocycles. The maximum Gasteiger partial charge on any atom is 0.306 e. The summed E-state index contributed by atoms with van der Waals surface area (Å²) < 4.78 is 19.6. The summed E-state index contributed by atoms with van der Waals surface area (Å²) in [5.41, 5.74) is 1.64. The molecule has 33 heavy (non-hydrogen) atoms. The van der Waals surface area contributed by atoms with Gasteiger partial charge in [0.05, 0.1) is 17.8 Å². The highest BCUT2D eigenvalue weighted by molar-refractivity contribution is 5.97. The topological polar surface area (TPSA) is 90.3 Å². The van der Waals surface area contributed by atoms with Crippen LogP contribution in [0.2, 0.25) is 0 Å². The van der Waals surface area contributed by atoms with Crippen molar-refractivity contribution >= 4 is 23.5 Å². The zero-order chi connectivity index (χ0) is 24.0. The molecule has 0 bridgehead atoms. The van der Waals surface area contributed by atoms with Crippen molar-refractivity contribution in [2.24, 2.45) is 0 Å². The van der Waals surface area contributed by atoms with E-state index >= 15 is 0 Å². The molecule has 0 radical (unpaired) electrons. The number of halogens is 1. The molecule has 0 aliphatic carbocycles. The summed E-state index contributed by atoms with van der Waals surface area (Å²) >= 11 is 0. The molecule has 3 rings (SSSR count). The molecular weight excluding hydrogens is 425 g/mol. The highest BCUT2D eigenvalue weighted by Gasteiger charge is 2.22. The van der Waals surface area contributed by atoms with Crippen molar-refractivity contribution in [1.82, 2.24) is 9.78 Å². The Bertz CT molecular complexity index is 1130. The van der Waals surface area contributed by atoms with E-state index in [9.17, 15) is 18.8 Å². The lowest BCUT2D eigenvalue weighted by atomic mass is 9.92. The van der Waals surface area contributed by atoms with Gasteiger partial charge in [0.15, 0.2) is 12.4 Å². The zero-order valence-corrected chi connectivity index (χ0v) is 18.8. The molecule has 7 nitrogen and oxygen atoms in total. The third kappa shape index (κ3) is 6.58. The van der Waals surface area contributed by atoms with E-state index in [0.29, 0.717) is 11.4 Å². The quantitative estimate of drug-likeness (QED) is 0.404. The number of para-hydroxylation sites is 1. The molecule has 0 fully saturated rings. The van der Waals surface area contributed by atoms with Crippen LogP contribution in [-0.2, 0) is 19.7 Å². The summed E-state index contributed by atoms with van der Waals surface area (Å²) in [6.07, 6.45) is -0.276. The number of hydrogen-bond donors (Lipinski definition) is 1. The van der Waals surface area contributed by atoms with Crippen molar-refractivity contribution in [3.05, 3.63) is 77.7 Å². The van der Waals surface area contributed by atoms with Crippen LogP contribution in [0.3, 0.4) is 0 Å². The maximum atomic E-state index is 12.9. The highest BCUT2D eigenvalue weighted by atomic mass is 19.1. The van der Waals surface area contributed by atoms with E-state index in [4.69, 9.17) is 4.74 Å². The largest absolute Gasteiger partial charge is 0.456 e. The van der Waals surface area contributed by atoms with Crippen molar-refractivity contribution in [2.45, 2.75) is 39.0 Å². The summed E-state index contributed by atoms with van der Waals surface area (Å²) in [7, 11) is 0. The first-order chi connectivity index (χ1) is 15.6. The number of nitrogens with zero attached hydrogens (tertiary/aromatic N) is 2. The van der Waals surface area contributed by atoms with Crippen molar-refractivity contribution in [1.29, 1.82) is 0 Å². The van der Waals surface area contributed by atoms with Gasteiger partial charge in [0.25, 0.3) is 5.91 Å². The minimum absolute atomic E-state index is 0.0954. The number of carbonyl (C=O) groups excluding carboxylic acids is 3. The number of ether oxygens (including phenoxy) is 1. The fourth-order valence-electron chi connectivity index (χ4n) is 3.00. The smallest absolute Gasteiger partial charge is 0.306 e. The van der Waals surface area contributed by atoms with E-state index in [-0.39, 0.29) is 24.0 Å². The Morgan fingerprint density at radius 2 is 1.67 bits per heavy atom. The second-order valence-electron chi connectivity index (χ2n) is 8.55. The van der Waals surface area contributed by atoms with Gasteiger partial charge in [0, 0.05) is 23.5 Å². The molecule has 0 aliphatic rings. The third-order valence-corrected chi connectivity index (χ3v) is 4.83. The molecule has 0 aliphatic heterocycles. The minimum atomic E-state index is -0.674. The average Bonchev–Trinajstić information content (AvgIpc) is 3.21. The SMILES string of the molecule is CC(C)(C)c1cc(NC(=O)COC(=O)CCC(=O)c2ccc(F)cc2)n(-c2ccccc2)n1.